The van der Waals surface area contributed by atoms with E-state index in [4.69, 9.17) is 21.4 Å². The van der Waals surface area contributed by atoms with Crippen molar-refractivity contribution >= 4 is 23.5 Å². The summed E-state index contributed by atoms with van der Waals surface area (Å²) in [7, 11) is 0. The predicted octanol–water partition coefficient (Wildman–Crippen LogP) is 2.64. The van der Waals surface area contributed by atoms with Gasteiger partial charge >= 0.3 is 5.97 Å². The lowest BCUT2D eigenvalue weighted by molar-refractivity contribution is -0.144. The average Bonchev–Trinajstić information content (AvgIpc) is 2.39. The number of carbonyl (C=O) groups is 2. The van der Waals surface area contributed by atoms with Crippen LogP contribution in [-0.2, 0) is 9.59 Å². The van der Waals surface area contributed by atoms with Crippen LogP contribution in [0.4, 0.5) is 0 Å². The minimum absolute atomic E-state index is 0.212. The summed E-state index contributed by atoms with van der Waals surface area (Å²) in [6, 6.07) is 4.14. The molecule has 0 aliphatic rings. The number of ether oxygens (including phenoxy) is 1. The van der Waals surface area contributed by atoms with Gasteiger partial charge in [-0.15, -0.1) is 0 Å². The van der Waals surface area contributed by atoms with E-state index in [1.165, 1.54) is 0 Å². The van der Waals surface area contributed by atoms with Crippen molar-refractivity contribution in [1.29, 1.82) is 0 Å². The largest absolute Gasteiger partial charge is 0.481 e. The molecule has 2 atom stereocenters. The van der Waals surface area contributed by atoms with Gasteiger partial charge in [-0.3, -0.25) is 4.79 Å². The topological polar surface area (TPSA) is 75.6 Å². The second-order valence-electron chi connectivity index (χ2n) is 5.24. The highest BCUT2D eigenvalue weighted by Gasteiger charge is 2.26. The number of benzene rings is 1. The molecule has 0 saturated carbocycles. The fourth-order valence-corrected chi connectivity index (χ4v) is 1.85. The molecule has 0 radical (unpaired) electrons. The molecular weight excluding hydrogens is 294 g/mol. The molecule has 0 spiro atoms. The molecule has 1 aromatic rings. The van der Waals surface area contributed by atoms with Crippen molar-refractivity contribution in [1.82, 2.24) is 5.32 Å². The van der Waals surface area contributed by atoms with Crippen LogP contribution in [0.2, 0.25) is 5.02 Å². The Kier molecular flexibility index (Phi) is 6.03. The summed E-state index contributed by atoms with van der Waals surface area (Å²) < 4.78 is 5.51. The van der Waals surface area contributed by atoms with E-state index in [0.717, 1.165) is 5.56 Å². The van der Waals surface area contributed by atoms with Crippen LogP contribution < -0.4 is 10.1 Å². The Bertz CT molecular complexity index is 530. The van der Waals surface area contributed by atoms with Crippen molar-refractivity contribution in [2.24, 2.45) is 5.92 Å². The summed E-state index contributed by atoms with van der Waals surface area (Å²) in [6.07, 6.45) is -0.800. The number of halogens is 1. The van der Waals surface area contributed by atoms with Gasteiger partial charge in [0, 0.05) is 5.02 Å². The number of nitrogens with one attached hydrogen (secondary N) is 1. The van der Waals surface area contributed by atoms with Gasteiger partial charge in [-0.2, -0.15) is 0 Å². The summed E-state index contributed by atoms with van der Waals surface area (Å²) in [5.74, 6) is -1.23. The molecule has 2 unspecified atom stereocenters. The first-order valence-electron chi connectivity index (χ1n) is 6.68. The molecule has 21 heavy (non-hydrogen) atoms. The monoisotopic (exact) mass is 313 g/mol. The number of carboxylic acid groups (broad SMARTS) is 1. The van der Waals surface area contributed by atoms with Gasteiger partial charge in [0.1, 0.15) is 11.8 Å². The molecule has 0 aromatic heterocycles. The number of hydrogen-bond donors (Lipinski definition) is 2. The first-order valence-corrected chi connectivity index (χ1v) is 7.06. The molecule has 2 N–H and O–H groups in total. The SMILES string of the molecule is Cc1cc(OC(C)C(=O)NC(C(=O)O)C(C)C)ccc1Cl. The molecule has 0 aliphatic heterocycles. The number of carboxylic acids is 1. The quantitative estimate of drug-likeness (QED) is 0.846. The molecule has 116 valence electrons. The lowest BCUT2D eigenvalue weighted by atomic mass is 10.0. The summed E-state index contributed by atoms with van der Waals surface area (Å²) in [5.41, 5.74) is 0.840. The van der Waals surface area contributed by atoms with Gasteiger partial charge in [-0.05, 0) is 43.5 Å². The van der Waals surface area contributed by atoms with Crippen LogP contribution in [0.15, 0.2) is 18.2 Å². The van der Waals surface area contributed by atoms with Crippen LogP contribution in [-0.4, -0.2) is 29.1 Å². The zero-order chi connectivity index (χ0) is 16.2. The molecular formula is C15H20ClNO4. The molecule has 1 aromatic carbocycles. The highest BCUT2D eigenvalue weighted by atomic mass is 35.5. The standard InChI is InChI=1S/C15H20ClNO4/c1-8(2)13(15(19)20)17-14(18)10(4)21-11-5-6-12(16)9(3)7-11/h5-8,10,13H,1-4H3,(H,17,18)(H,19,20). The first kappa shape index (κ1) is 17.3. The Morgan fingerprint density at radius 1 is 1.29 bits per heavy atom. The van der Waals surface area contributed by atoms with E-state index in [1.807, 2.05) is 6.92 Å². The van der Waals surface area contributed by atoms with Gasteiger partial charge in [0.25, 0.3) is 5.91 Å². The van der Waals surface area contributed by atoms with Gasteiger partial charge in [-0.1, -0.05) is 25.4 Å². The van der Waals surface area contributed by atoms with Crippen molar-refractivity contribution in [3.63, 3.8) is 0 Å². The van der Waals surface area contributed by atoms with Gasteiger partial charge < -0.3 is 15.2 Å². The molecule has 0 bridgehead atoms. The van der Waals surface area contributed by atoms with Gasteiger partial charge in [0.05, 0.1) is 0 Å². The fourth-order valence-electron chi connectivity index (χ4n) is 1.73. The summed E-state index contributed by atoms with van der Waals surface area (Å²) in [6.45, 7) is 6.86. The van der Waals surface area contributed by atoms with Crippen LogP contribution in [0.25, 0.3) is 0 Å². The second-order valence-corrected chi connectivity index (χ2v) is 5.65. The van der Waals surface area contributed by atoms with Crippen LogP contribution in [0.1, 0.15) is 26.3 Å². The maximum absolute atomic E-state index is 12.0. The van der Waals surface area contributed by atoms with E-state index in [2.05, 4.69) is 5.32 Å². The molecule has 1 amide bonds. The van der Waals surface area contributed by atoms with Gasteiger partial charge in [0.15, 0.2) is 6.10 Å². The van der Waals surface area contributed by atoms with Crippen LogP contribution in [0, 0.1) is 12.8 Å². The second kappa shape index (κ2) is 7.31. The summed E-state index contributed by atoms with van der Waals surface area (Å²) in [5, 5.41) is 12.1. The third kappa shape index (κ3) is 4.93. The Labute approximate surface area is 129 Å². The smallest absolute Gasteiger partial charge is 0.326 e. The van der Waals surface area contributed by atoms with Crippen LogP contribution >= 0.6 is 11.6 Å². The molecule has 0 fully saturated rings. The zero-order valence-corrected chi connectivity index (χ0v) is 13.3. The minimum atomic E-state index is -1.06. The molecule has 0 saturated heterocycles. The van der Waals surface area contributed by atoms with Crippen molar-refractivity contribution < 1.29 is 19.4 Å². The lowest BCUT2D eigenvalue weighted by Gasteiger charge is -2.21. The molecule has 1 rings (SSSR count). The number of amides is 1. The van der Waals surface area contributed by atoms with Crippen molar-refractivity contribution in [2.75, 3.05) is 0 Å². The van der Waals surface area contributed by atoms with E-state index in [-0.39, 0.29) is 5.92 Å². The zero-order valence-electron chi connectivity index (χ0n) is 12.5. The molecule has 5 nitrogen and oxygen atoms in total. The van der Waals surface area contributed by atoms with E-state index >= 15 is 0 Å². The van der Waals surface area contributed by atoms with E-state index in [9.17, 15) is 9.59 Å². The third-order valence-electron chi connectivity index (χ3n) is 3.04. The highest BCUT2D eigenvalue weighted by Crippen LogP contribution is 2.21. The number of aliphatic carboxylic acids is 1. The Morgan fingerprint density at radius 2 is 1.90 bits per heavy atom. The number of rotatable bonds is 6. The normalized spacial score (nSPS) is 13.6. The minimum Gasteiger partial charge on any atom is -0.481 e. The molecule has 0 heterocycles. The van der Waals surface area contributed by atoms with E-state index in [0.29, 0.717) is 10.8 Å². The number of carbonyl (C=O) groups excluding carboxylic acids is 1. The summed E-state index contributed by atoms with van der Waals surface area (Å²) >= 11 is 5.92. The maximum atomic E-state index is 12.0. The Hall–Kier alpha value is -1.75. The highest BCUT2D eigenvalue weighted by molar-refractivity contribution is 6.31. The third-order valence-corrected chi connectivity index (χ3v) is 3.47. The maximum Gasteiger partial charge on any atom is 0.326 e. The predicted molar refractivity (Wildman–Crippen MR) is 80.7 cm³/mol. The van der Waals surface area contributed by atoms with Crippen LogP contribution in [0.3, 0.4) is 0 Å². The number of aryl methyl sites for hydroxylation is 1. The van der Waals surface area contributed by atoms with Crippen molar-refractivity contribution in [2.45, 2.75) is 39.8 Å². The molecule has 6 heteroatoms. The van der Waals surface area contributed by atoms with Gasteiger partial charge in [0.2, 0.25) is 0 Å². The Balaban J connectivity index is 2.69. The summed E-state index contributed by atoms with van der Waals surface area (Å²) in [4.78, 5) is 23.1. The Morgan fingerprint density at radius 3 is 2.38 bits per heavy atom. The first-order chi connectivity index (χ1) is 9.72. The number of hydrogen-bond acceptors (Lipinski definition) is 3. The van der Waals surface area contributed by atoms with Crippen molar-refractivity contribution in [3.05, 3.63) is 28.8 Å². The van der Waals surface area contributed by atoms with Gasteiger partial charge in [-0.25, -0.2) is 4.79 Å². The van der Waals surface area contributed by atoms with Crippen molar-refractivity contribution in [3.8, 4) is 5.75 Å². The van der Waals surface area contributed by atoms with E-state index in [1.54, 1.807) is 39.0 Å². The molecule has 0 aliphatic carbocycles. The lowest BCUT2D eigenvalue weighted by Crippen LogP contribution is -2.48. The fraction of sp³-hybridized carbons (Fsp3) is 0.467. The van der Waals surface area contributed by atoms with E-state index < -0.39 is 24.0 Å². The average molecular weight is 314 g/mol. The van der Waals surface area contributed by atoms with Crippen LogP contribution in [0.5, 0.6) is 5.75 Å².